The molecule has 0 aliphatic rings. The van der Waals surface area contributed by atoms with E-state index in [1.807, 2.05) is 24.3 Å². The highest BCUT2D eigenvalue weighted by atomic mass is 35.5. The molecule has 0 aliphatic carbocycles. The first-order valence-electron chi connectivity index (χ1n) is 9.50. The number of nitrogens with zero attached hydrogens (tertiary/aromatic N) is 2. The predicted molar refractivity (Wildman–Crippen MR) is 123 cm³/mol. The Morgan fingerprint density at radius 3 is 2.47 bits per heavy atom. The summed E-state index contributed by atoms with van der Waals surface area (Å²) >= 11 is 6.19. The first kappa shape index (κ1) is 23.1. The number of carbonyl (C=O) groups is 1. The van der Waals surface area contributed by atoms with Gasteiger partial charge < -0.3 is 10.4 Å². The normalized spacial score (nSPS) is 10.9. The Labute approximate surface area is 191 Å². The van der Waals surface area contributed by atoms with Crippen LogP contribution >= 0.6 is 11.6 Å². The molecule has 1 amide bonds. The molecule has 0 bridgehead atoms. The van der Waals surface area contributed by atoms with Gasteiger partial charge in [0.25, 0.3) is 5.91 Å². The van der Waals surface area contributed by atoms with Gasteiger partial charge in [0.15, 0.2) is 0 Å². The molecule has 3 rings (SSSR count). The molecule has 0 heterocycles. The quantitative estimate of drug-likeness (QED) is 0.546. The Bertz CT molecular complexity index is 1290. The summed E-state index contributed by atoms with van der Waals surface area (Å²) in [5.74, 6) is -0.604. The molecule has 7 nitrogen and oxygen atoms in total. The maximum atomic E-state index is 12.7. The number of phenolic OH excluding ortho intramolecular Hbond substituents is 1. The number of amides is 1. The van der Waals surface area contributed by atoms with Crippen molar-refractivity contribution in [3.05, 3.63) is 94.0 Å². The molecule has 9 heteroatoms. The Morgan fingerprint density at radius 1 is 1.12 bits per heavy atom. The average Bonchev–Trinajstić information content (AvgIpc) is 2.75. The lowest BCUT2D eigenvalue weighted by atomic mass is 10.1. The van der Waals surface area contributed by atoms with Crippen LogP contribution in [0.5, 0.6) is 5.75 Å². The summed E-state index contributed by atoms with van der Waals surface area (Å²) in [4.78, 5) is 12.7. The molecule has 0 radical (unpaired) electrons. The summed E-state index contributed by atoms with van der Waals surface area (Å²) in [6.45, 7) is 0.0955. The fraction of sp³-hybridized carbons (Fsp3) is 0.130. The third-order valence-electron chi connectivity index (χ3n) is 4.66. The van der Waals surface area contributed by atoms with Crippen LogP contribution in [-0.4, -0.2) is 25.7 Å². The van der Waals surface area contributed by atoms with Crippen molar-refractivity contribution in [2.75, 3.05) is 10.6 Å². The summed E-state index contributed by atoms with van der Waals surface area (Å²) < 4.78 is 26.1. The maximum absolute atomic E-state index is 12.7. The molecule has 0 saturated heterocycles. The van der Waals surface area contributed by atoms with E-state index in [0.717, 1.165) is 11.8 Å². The van der Waals surface area contributed by atoms with Crippen molar-refractivity contribution in [3.8, 4) is 11.8 Å². The monoisotopic (exact) mass is 469 g/mol. The van der Waals surface area contributed by atoms with Crippen molar-refractivity contribution in [1.82, 2.24) is 5.32 Å². The molecule has 0 aliphatic heterocycles. The lowest BCUT2D eigenvalue weighted by Gasteiger charge is -2.23. The molecule has 2 N–H and O–H groups in total. The first-order chi connectivity index (χ1) is 15.2. The highest BCUT2D eigenvalue weighted by Crippen LogP contribution is 2.26. The van der Waals surface area contributed by atoms with Crippen LogP contribution in [-0.2, 0) is 23.1 Å². The average molecular weight is 470 g/mol. The number of halogens is 1. The SMILES string of the molecule is CS(=O)(=O)N(Cc1ccccc1)c1cc(Cl)cc(C(=O)NCc2ccc(C#N)cc2O)c1. The van der Waals surface area contributed by atoms with E-state index in [4.69, 9.17) is 16.9 Å². The lowest BCUT2D eigenvalue weighted by Crippen LogP contribution is -2.30. The van der Waals surface area contributed by atoms with Gasteiger partial charge in [-0.15, -0.1) is 0 Å². The molecular formula is C23H20ClN3O4S. The van der Waals surface area contributed by atoms with Gasteiger partial charge in [0.2, 0.25) is 10.0 Å². The van der Waals surface area contributed by atoms with Gasteiger partial charge in [-0.1, -0.05) is 48.0 Å². The number of carbonyl (C=O) groups excluding carboxylic acids is 1. The van der Waals surface area contributed by atoms with Crippen molar-refractivity contribution in [1.29, 1.82) is 5.26 Å². The van der Waals surface area contributed by atoms with E-state index in [2.05, 4.69) is 5.32 Å². The molecule has 0 fully saturated rings. The molecule has 0 atom stereocenters. The summed E-state index contributed by atoms with van der Waals surface area (Å²) in [6, 6.07) is 19.7. The topological polar surface area (TPSA) is 111 Å². The molecule has 164 valence electrons. The highest BCUT2D eigenvalue weighted by molar-refractivity contribution is 7.92. The third-order valence-corrected chi connectivity index (χ3v) is 6.01. The number of sulfonamides is 1. The van der Waals surface area contributed by atoms with Crippen LogP contribution in [0.2, 0.25) is 5.02 Å². The Balaban J connectivity index is 1.85. The van der Waals surface area contributed by atoms with E-state index in [1.165, 1.54) is 34.6 Å². The number of rotatable bonds is 7. The Kier molecular flexibility index (Phi) is 7.03. The van der Waals surface area contributed by atoms with Crippen molar-refractivity contribution >= 4 is 33.2 Å². The molecule has 0 aromatic heterocycles. The minimum Gasteiger partial charge on any atom is -0.508 e. The van der Waals surface area contributed by atoms with Gasteiger partial charge in [-0.3, -0.25) is 9.10 Å². The number of hydrogen-bond acceptors (Lipinski definition) is 5. The molecule has 3 aromatic rings. The smallest absolute Gasteiger partial charge is 0.251 e. The van der Waals surface area contributed by atoms with E-state index in [0.29, 0.717) is 11.1 Å². The largest absolute Gasteiger partial charge is 0.508 e. The van der Waals surface area contributed by atoms with Crippen LogP contribution in [0, 0.1) is 11.3 Å². The number of aromatic hydroxyl groups is 1. The van der Waals surface area contributed by atoms with Crippen molar-refractivity contribution in [2.45, 2.75) is 13.1 Å². The van der Waals surface area contributed by atoms with Gasteiger partial charge in [0.1, 0.15) is 5.75 Å². The number of hydrogen-bond donors (Lipinski definition) is 2. The van der Waals surface area contributed by atoms with Gasteiger partial charge in [0, 0.05) is 22.7 Å². The third kappa shape index (κ3) is 5.78. The molecule has 0 unspecified atom stereocenters. The maximum Gasteiger partial charge on any atom is 0.251 e. The van der Waals surface area contributed by atoms with Crippen LogP contribution in [0.3, 0.4) is 0 Å². The lowest BCUT2D eigenvalue weighted by molar-refractivity contribution is 0.0950. The van der Waals surface area contributed by atoms with Crippen LogP contribution in [0.1, 0.15) is 27.0 Å². The minimum absolute atomic E-state index is 0.0119. The minimum atomic E-state index is -3.66. The zero-order valence-corrected chi connectivity index (χ0v) is 18.7. The van der Waals surface area contributed by atoms with Crippen molar-refractivity contribution in [3.63, 3.8) is 0 Å². The molecule has 32 heavy (non-hydrogen) atoms. The second kappa shape index (κ2) is 9.73. The molecule has 0 saturated carbocycles. The number of phenols is 1. The second-order valence-corrected chi connectivity index (χ2v) is 9.43. The second-order valence-electron chi connectivity index (χ2n) is 7.09. The summed E-state index contributed by atoms with van der Waals surface area (Å²) in [5, 5.41) is 21.7. The summed E-state index contributed by atoms with van der Waals surface area (Å²) in [7, 11) is -3.66. The van der Waals surface area contributed by atoms with Crippen LogP contribution < -0.4 is 9.62 Å². The van der Waals surface area contributed by atoms with Crippen LogP contribution in [0.25, 0.3) is 0 Å². The van der Waals surface area contributed by atoms with E-state index < -0.39 is 15.9 Å². The van der Waals surface area contributed by atoms with Crippen molar-refractivity contribution < 1.29 is 18.3 Å². The van der Waals surface area contributed by atoms with E-state index in [9.17, 15) is 18.3 Å². The van der Waals surface area contributed by atoms with Crippen molar-refractivity contribution in [2.24, 2.45) is 0 Å². The zero-order valence-electron chi connectivity index (χ0n) is 17.1. The van der Waals surface area contributed by atoms with Gasteiger partial charge in [-0.05, 0) is 35.9 Å². The van der Waals surface area contributed by atoms with Gasteiger partial charge in [-0.25, -0.2) is 8.42 Å². The predicted octanol–water partition coefficient (Wildman–Crippen LogP) is 3.81. The van der Waals surface area contributed by atoms with Crippen LogP contribution in [0.15, 0.2) is 66.7 Å². The summed E-state index contributed by atoms with van der Waals surface area (Å²) in [6.07, 6.45) is 1.09. The molecule has 3 aromatic carbocycles. The fourth-order valence-corrected chi connectivity index (χ4v) is 4.16. The standard InChI is InChI=1S/C23H20ClN3O4S/c1-32(30,31)27(15-16-5-3-2-4-6-16)21-11-19(10-20(24)12-21)23(29)26-14-18-8-7-17(13-25)9-22(18)28/h2-12,28H,14-15H2,1H3,(H,26,29). The highest BCUT2D eigenvalue weighted by Gasteiger charge is 2.20. The fourth-order valence-electron chi connectivity index (χ4n) is 3.06. The molecule has 0 spiro atoms. The van der Waals surface area contributed by atoms with Gasteiger partial charge >= 0.3 is 0 Å². The number of nitrogens with one attached hydrogen (secondary N) is 1. The number of nitriles is 1. The van der Waals surface area contributed by atoms with Gasteiger partial charge in [0.05, 0.1) is 30.1 Å². The van der Waals surface area contributed by atoms with Gasteiger partial charge in [-0.2, -0.15) is 5.26 Å². The van der Waals surface area contributed by atoms with E-state index >= 15 is 0 Å². The Morgan fingerprint density at radius 2 is 1.84 bits per heavy atom. The number of benzene rings is 3. The molecular weight excluding hydrogens is 450 g/mol. The van der Waals surface area contributed by atoms with Crippen LogP contribution in [0.4, 0.5) is 5.69 Å². The first-order valence-corrected chi connectivity index (χ1v) is 11.7. The number of anilines is 1. The summed E-state index contributed by atoms with van der Waals surface area (Å²) in [5.41, 5.74) is 1.94. The van der Waals surface area contributed by atoms with E-state index in [-0.39, 0.29) is 35.1 Å². The Hall–Kier alpha value is -3.54. The zero-order chi connectivity index (χ0) is 23.3. The van der Waals surface area contributed by atoms with E-state index in [1.54, 1.807) is 18.2 Å².